The van der Waals surface area contributed by atoms with Crippen molar-refractivity contribution in [3.8, 4) is 17.6 Å². The second kappa shape index (κ2) is 4.42. The van der Waals surface area contributed by atoms with Crippen molar-refractivity contribution in [2.75, 3.05) is 6.61 Å². The van der Waals surface area contributed by atoms with Gasteiger partial charge in [0, 0.05) is 0 Å². The molecule has 88 valence electrons. The molecule has 1 aliphatic rings. The van der Waals surface area contributed by atoms with Gasteiger partial charge in [0.15, 0.2) is 17.6 Å². The quantitative estimate of drug-likeness (QED) is 0.765. The smallest absolute Gasteiger partial charge is 0.162 e. The number of nitriles is 1. The molecule has 0 amide bonds. The van der Waals surface area contributed by atoms with Gasteiger partial charge in [-0.05, 0) is 29.8 Å². The monoisotopic (exact) mass is 237 g/mol. The third-order valence-corrected chi connectivity index (χ3v) is 2.92. The van der Waals surface area contributed by atoms with Gasteiger partial charge in [-0.15, -0.1) is 0 Å². The predicted octanol–water partition coefficient (Wildman–Crippen LogP) is 3.07. The highest BCUT2D eigenvalue weighted by atomic mass is 16.6. The van der Waals surface area contributed by atoms with Gasteiger partial charge >= 0.3 is 0 Å². The van der Waals surface area contributed by atoms with Crippen LogP contribution in [0.3, 0.4) is 0 Å². The van der Waals surface area contributed by atoms with E-state index in [4.69, 9.17) is 14.7 Å². The molecule has 2 aromatic rings. The van der Waals surface area contributed by atoms with Crippen molar-refractivity contribution in [2.24, 2.45) is 0 Å². The first kappa shape index (κ1) is 10.7. The van der Waals surface area contributed by atoms with Crippen molar-refractivity contribution >= 4 is 0 Å². The van der Waals surface area contributed by atoms with Crippen LogP contribution in [0, 0.1) is 11.3 Å². The molecule has 1 heterocycles. The Hall–Kier alpha value is -2.47. The molecule has 0 fully saturated rings. The van der Waals surface area contributed by atoms with Crippen LogP contribution < -0.4 is 9.47 Å². The Balaban J connectivity index is 1.85. The number of para-hydroxylation sites is 2. The first-order valence-electron chi connectivity index (χ1n) is 5.75. The van der Waals surface area contributed by atoms with Crippen LogP contribution >= 0.6 is 0 Å². The highest BCUT2D eigenvalue weighted by Crippen LogP contribution is 2.35. The lowest BCUT2D eigenvalue weighted by atomic mass is 10.1. The lowest BCUT2D eigenvalue weighted by Crippen LogP contribution is -2.21. The SMILES string of the molecule is N#Cc1ccc(C2COc3ccccc3O2)cc1. The van der Waals surface area contributed by atoms with Gasteiger partial charge in [0.1, 0.15) is 6.61 Å². The van der Waals surface area contributed by atoms with E-state index in [9.17, 15) is 0 Å². The van der Waals surface area contributed by atoms with E-state index >= 15 is 0 Å². The van der Waals surface area contributed by atoms with Gasteiger partial charge in [0.2, 0.25) is 0 Å². The number of hydrogen-bond donors (Lipinski definition) is 0. The molecule has 1 unspecified atom stereocenters. The summed E-state index contributed by atoms with van der Waals surface area (Å²) in [5.41, 5.74) is 1.67. The number of hydrogen-bond acceptors (Lipinski definition) is 3. The van der Waals surface area contributed by atoms with Crippen molar-refractivity contribution < 1.29 is 9.47 Å². The minimum Gasteiger partial charge on any atom is -0.485 e. The molecule has 0 saturated carbocycles. The molecule has 0 spiro atoms. The van der Waals surface area contributed by atoms with Crippen LogP contribution in [-0.2, 0) is 0 Å². The van der Waals surface area contributed by atoms with Crippen molar-refractivity contribution in [3.05, 3.63) is 59.7 Å². The summed E-state index contributed by atoms with van der Waals surface area (Å²) < 4.78 is 11.5. The van der Waals surface area contributed by atoms with E-state index in [1.54, 1.807) is 12.1 Å². The Labute approximate surface area is 105 Å². The maximum atomic E-state index is 8.76. The van der Waals surface area contributed by atoms with Gasteiger partial charge in [-0.2, -0.15) is 5.26 Å². The van der Waals surface area contributed by atoms with Crippen LogP contribution in [0.2, 0.25) is 0 Å². The van der Waals surface area contributed by atoms with Gasteiger partial charge in [0.25, 0.3) is 0 Å². The normalized spacial score (nSPS) is 16.9. The molecule has 1 aliphatic heterocycles. The molecular weight excluding hydrogens is 226 g/mol. The van der Waals surface area contributed by atoms with E-state index < -0.39 is 0 Å². The van der Waals surface area contributed by atoms with Crippen molar-refractivity contribution in [2.45, 2.75) is 6.10 Å². The molecular formula is C15H11NO2. The highest BCUT2D eigenvalue weighted by Gasteiger charge is 2.21. The molecule has 0 radical (unpaired) electrons. The zero-order chi connectivity index (χ0) is 12.4. The van der Waals surface area contributed by atoms with E-state index in [-0.39, 0.29) is 6.10 Å². The number of rotatable bonds is 1. The standard InChI is InChI=1S/C15H11NO2/c16-9-11-5-7-12(8-6-11)15-10-17-13-3-1-2-4-14(13)18-15/h1-8,15H,10H2. The molecule has 3 nitrogen and oxygen atoms in total. The fourth-order valence-electron chi connectivity index (χ4n) is 1.96. The maximum Gasteiger partial charge on any atom is 0.162 e. The first-order chi connectivity index (χ1) is 8.86. The Morgan fingerprint density at radius 2 is 1.72 bits per heavy atom. The molecule has 0 N–H and O–H groups in total. The van der Waals surface area contributed by atoms with Gasteiger partial charge in [-0.3, -0.25) is 0 Å². The summed E-state index contributed by atoms with van der Waals surface area (Å²) in [6.07, 6.45) is -0.118. The third-order valence-electron chi connectivity index (χ3n) is 2.92. The molecule has 0 bridgehead atoms. The second-order valence-corrected chi connectivity index (χ2v) is 4.10. The zero-order valence-electron chi connectivity index (χ0n) is 9.67. The van der Waals surface area contributed by atoms with E-state index in [2.05, 4.69) is 6.07 Å². The second-order valence-electron chi connectivity index (χ2n) is 4.10. The van der Waals surface area contributed by atoms with E-state index in [1.807, 2.05) is 36.4 Å². The molecule has 3 heteroatoms. The summed E-state index contributed by atoms with van der Waals surface area (Å²) in [7, 11) is 0. The van der Waals surface area contributed by atoms with Crippen LogP contribution in [0.1, 0.15) is 17.2 Å². The van der Waals surface area contributed by atoms with E-state index in [0.717, 1.165) is 17.1 Å². The molecule has 18 heavy (non-hydrogen) atoms. The summed E-state index contributed by atoms with van der Waals surface area (Å²) in [5, 5.41) is 8.76. The zero-order valence-corrected chi connectivity index (χ0v) is 9.67. The average Bonchev–Trinajstić information content (AvgIpc) is 2.47. The Bertz CT molecular complexity index is 599. The third kappa shape index (κ3) is 1.89. The van der Waals surface area contributed by atoms with E-state index in [1.165, 1.54) is 0 Å². The van der Waals surface area contributed by atoms with Crippen LogP contribution in [-0.4, -0.2) is 6.61 Å². The summed E-state index contributed by atoms with van der Waals surface area (Å²) in [6, 6.07) is 17.1. The predicted molar refractivity (Wildman–Crippen MR) is 66.5 cm³/mol. The summed E-state index contributed by atoms with van der Waals surface area (Å²) in [4.78, 5) is 0. The molecule has 1 atom stereocenters. The van der Waals surface area contributed by atoms with Crippen molar-refractivity contribution in [1.82, 2.24) is 0 Å². The number of ether oxygens (including phenoxy) is 2. The Kier molecular flexibility index (Phi) is 2.62. The molecule has 0 aromatic heterocycles. The Morgan fingerprint density at radius 3 is 2.44 bits per heavy atom. The number of benzene rings is 2. The van der Waals surface area contributed by atoms with Crippen LogP contribution in [0.25, 0.3) is 0 Å². The highest BCUT2D eigenvalue weighted by molar-refractivity contribution is 5.42. The van der Waals surface area contributed by atoms with Crippen molar-refractivity contribution in [1.29, 1.82) is 5.26 Å². The first-order valence-corrected chi connectivity index (χ1v) is 5.75. The van der Waals surface area contributed by atoms with E-state index in [0.29, 0.717) is 12.2 Å². The van der Waals surface area contributed by atoms with Gasteiger partial charge in [0.05, 0.1) is 11.6 Å². The lowest BCUT2D eigenvalue weighted by Gasteiger charge is -2.26. The average molecular weight is 237 g/mol. The summed E-state index contributed by atoms with van der Waals surface area (Å²) in [5.74, 6) is 1.54. The molecule has 3 rings (SSSR count). The minimum absolute atomic E-state index is 0.118. The summed E-state index contributed by atoms with van der Waals surface area (Å²) >= 11 is 0. The number of nitrogens with zero attached hydrogens (tertiary/aromatic N) is 1. The van der Waals surface area contributed by atoms with Crippen molar-refractivity contribution in [3.63, 3.8) is 0 Å². The fourth-order valence-corrected chi connectivity index (χ4v) is 1.96. The van der Waals surface area contributed by atoms with Gasteiger partial charge in [-0.1, -0.05) is 24.3 Å². The lowest BCUT2D eigenvalue weighted by molar-refractivity contribution is 0.0913. The molecule has 2 aromatic carbocycles. The summed E-state index contributed by atoms with van der Waals surface area (Å²) in [6.45, 7) is 0.489. The topological polar surface area (TPSA) is 42.2 Å². The Morgan fingerprint density at radius 1 is 1.00 bits per heavy atom. The van der Waals surface area contributed by atoms with Crippen LogP contribution in [0.4, 0.5) is 0 Å². The van der Waals surface area contributed by atoms with Crippen LogP contribution in [0.5, 0.6) is 11.5 Å². The van der Waals surface area contributed by atoms with Crippen LogP contribution in [0.15, 0.2) is 48.5 Å². The molecule has 0 aliphatic carbocycles. The fraction of sp³-hybridized carbons (Fsp3) is 0.133. The molecule has 0 saturated heterocycles. The van der Waals surface area contributed by atoms with Gasteiger partial charge in [-0.25, -0.2) is 0 Å². The van der Waals surface area contributed by atoms with Gasteiger partial charge < -0.3 is 9.47 Å². The maximum absolute atomic E-state index is 8.76. The number of fused-ring (bicyclic) bond motifs is 1. The largest absolute Gasteiger partial charge is 0.485 e. The minimum atomic E-state index is -0.118.